The van der Waals surface area contributed by atoms with Crippen LogP contribution in [0.3, 0.4) is 0 Å². The lowest BCUT2D eigenvalue weighted by Crippen LogP contribution is -2.07. The minimum absolute atomic E-state index is 0.00840. The number of hydrogen-bond acceptors (Lipinski definition) is 1. The number of pyridine rings is 1. The van der Waals surface area contributed by atoms with E-state index in [2.05, 4.69) is 0 Å². The van der Waals surface area contributed by atoms with Crippen LogP contribution in [0.5, 0.6) is 0 Å². The molecule has 0 fully saturated rings. The molecule has 0 N–H and O–H groups in total. The van der Waals surface area contributed by atoms with E-state index in [1.807, 2.05) is 97.1 Å². The molecule has 0 atom stereocenters. The molecule has 5 heteroatoms. The first-order valence-corrected chi connectivity index (χ1v) is 20.3. The summed E-state index contributed by atoms with van der Waals surface area (Å²) in [5.74, 6) is -0.697. The standard InChI is InChI=1S/C59H37N5/c1-9-26-47-39(18-1)40-19-2-10-27-48(40)61(47)55-34-17-35-56(62-49-28-11-3-20-41(49)42-21-4-12-29-50(42)62)59(55)38-36-57(63-51-30-13-5-22-43(51)44-23-6-14-31-52(44)63)60-58(37-38)64-53-32-15-7-24-45(53)46-25-8-16-33-54(46)64/h1-37H/i5D,6D,7D,8D,13D,14D,15D,16D,17D,22D,23D,24D,25D,30D,31D,32D,33D,34D,35D. The van der Waals surface area contributed by atoms with Gasteiger partial charge in [-0.05, 0) is 78.2 Å². The molecular weight excluding hydrogens is 779 g/mol. The van der Waals surface area contributed by atoms with E-state index in [9.17, 15) is 15.1 Å². The number of hydrogen-bond donors (Lipinski definition) is 0. The summed E-state index contributed by atoms with van der Waals surface area (Å²) in [5.41, 5.74) is 1.05. The molecule has 0 bridgehead atoms. The van der Waals surface area contributed by atoms with E-state index >= 15 is 0 Å². The highest BCUT2D eigenvalue weighted by atomic mass is 15.1. The topological polar surface area (TPSA) is 32.6 Å². The first-order valence-electron chi connectivity index (χ1n) is 29.8. The van der Waals surface area contributed by atoms with E-state index in [1.165, 1.54) is 12.1 Å². The average Bonchev–Trinajstić information content (AvgIpc) is 2.30. The van der Waals surface area contributed by atoms with Crippen LogP contribution >= 0.6 is 0 Å². The van der Waals surface area contributed by atoms with Crippen molar-refractivity contribution >= 4 is 87.2 Å². The highest BCUT2D eigenvalue weighted by Gasteiger charge is 2.25. The van der Waals surface area contributed by atoms with Gasteiger partial charge in [0, 0.05) is 48.7 Å². The van der Waals surface area contributed by atoms with Crippen LogP contribution in [0.1, 0.15) is 26.0 Å². The van der Waals surface area contributed by atoms with Gasteiger partial charge < -0.3 is 9.13 Å². The summed E-state index contributed by atoms with van der Waals surface area (Å²) < 4.78 is 183. The van der Waals surface area contributed by atoms with Crippen molar-refractivity contribution in [3.8, 4) is 34.1 Å². The lowest BCUT2D eigenvalue weighted by atomic mass is 10.0. The molecule has 0 radical (unpaired) electrons. The van der Waals surface area contributed by atoms with E-state index in [-0.39, 0.29) is 77.7 Å². The maximum atomic E-state index is 10.2. The largest absolute Gasteiger partial charge is 0.309 e. The minimum Gasteiger partial charge on any atom is -0.309 e. The molecule has 0 aliphatic carbocycles. The monoisotopic (exact) mass is 834 g/mol. The quantitative estimate of drug-likeness (QED) is 0.170. The molecule has 9 aromatic carbocycles. The van der Waals surface area contributed by atoms with Gasteiger partial charge in [0.1, 0.15) is 11.6 Å². The van der Waals surface area contributed by atoms with Crippen LogP contribution in [0.25, 0.3) is 121 Å². The molecule has 0 spiro atoms. The number of nitrogens with zero attached hydrogens (tertiary/aromatic N) is 5. The van der Waals surface area contributed by atoms with E-state index < -0.39 is 115 Å². The fourth-order valence-electron chi connectivity index (χ4n) is 9.50. The van der Waals surface area contributed by atoms with Crippen molar-refractivity contribution in [3.63, 3.8) is 0 Å². The molecule has 0 aliphatic rings. The van der Waals surface area contributed by atoms with Crippen molar-refractivity contribution in [2.45, 2.75) is 0 Å². The van der Waals surface area contributed by atoms with Crippen molar-refractivity contribution in [2.75, 3.05) is 0 Å². The molecule has 14 rings (SSSR count). The molecule has 0 aliphatic heterocycles. The number of rotatable bonds is 5. The number of aromatic nitrogens is 5. The van der Waals surface area contributed by atoms with Gasteiger partial charge in [-0.25, -0.2) is 4.98 Å². The van der Waals surface area contributed by atoms with E-state index in [0.717, 1.165) is 30.7 Å². The summed E-state index contributed by atoms with van der Waals surface area (Å²) in [6.07, 6.45) is 0. The molecule has 0 amide bonds. The van der Waals surface area contributed by atoms with E-state index in [4.69, 9.17) is 16.0 Å². The Hall–Kier alpha value is -8.67. The fourth-order valence-corrected chi connectivity index (χ4v) is 9.50. The van der Waals surface area contributed by atoms with Crippen molar-refractivity contribution < 1.29 is 26.0 Å². The Morgan fingerprint density at radius 1 is 0.297 bits per heavy atom. The molecule has 298 valence electrons. The summed E-state index contributed by atoms with van der Waals surface area (Å²) in [5, 5.41) is 1.82. The molecule has 0 saturated heterocycles. The van der Waals surface area contributed by atoms with Crippen molar-refractivity contribution in [1.29, 1.82) is 0 Å². The minimum atomic E-state index is -0.737. The summed E-state index contributed by atoms with van der Waals surface area (Å²) in [4.78, 5) is 5.15. The van der Waals surface area contributed by atoms with Gasteiger partial charge in [0.15, 0.2) is 0 Å². The third kappa shape index (κ3) is 4.86. The third-order valence-corrected chi connectivity index (χ3v) is 12.1. The second-order valence-corrected chi connectivity index (χ2v) is 15.3. The van der Waals surface area contributed by atoms with E-state index in [0.29, 0.717) is 22.1 Å². The molecule has 5 heterocycles. The predicted octanol–water partition coefficient (Wildman–Crippen LogP) is 15.1. The SMILES string of the molecule is [2H]c1c([2H])c(-n2c3ccccc3c3ccccc32)c(-c2cc(-n3c4c([2H])c([2H])c([2H])c([2H])c4c4c([2H])c([2H])c([2H])c([2H])c43)nc(-n3c4c([2H])c([2H])c([2H])c([2H])c4c4c([2H])c([2H])c([2H])c([2H])c43)c2)c(-n2c3ccccc3c3ccccc32)c1[2H]. The van der Waals surface area contributed by atoms with Crippen LogP contribution in [-0.2, 0) is 0 Å². The van der Waals surface area contributed by atoms with Crippen LogP contribution in [0, 0.1) is 0 Å². The summed E-state index contributed by atoms with van der Waals surface area (Å²) >= 11 is 0. The maximum Gasteiger partial charge on any atom is 0.140 e. The van der Waals surface area contributed by atoms with Crippen LogP contribution in [-0.4, -0.2) is 23.3 Å². The highest BCUT2D eigenvalue weighted by molar-refractivity contribution is 6.13. The smallest absolute Gasteiger partial charge is 0.140 e. The Balaban J connectivity index is 1.30. The van der Waals surface area contributed by atoms with Gasteiger partial charge in [0.05, 0.1) is 81.6 Å². The van der Waals surface area contributed by atoms with Gasteiger partial charge in [0.25, 0.3) is 0 Å². The van der Waals surface area contributed by atoms with Gasteiger partial charge in [-0.15, -0.1) is 0 Å². The maximum absolute atomic E-state index is 10.2. The predicted molar refractivity (Wildman–Crippen MR) is 267 cm³/mol. The molecular formula is C59H37N5. The van der Waals surface area contributed by atoms with Crippen molar-refractivity contribution in [3.05, 3.63) is 224 Å². The third-order valence-electron chi connectivity index (χ3n) is 12.1. The van der Waals surface area contributed by atoms with Gasteiger partial charge in [-0.2, -0.15) is 0 Å². The average molecular weight is 835 g/mol. The summed E-state index contributed by atoms with van der Waals surface area (Å²) in [7, 11) is 0. The first-order chi connectivity index (χ1) is 39.7. The molecule has 5 aromatic heterocycles. The van der Waals surface area contributed by atoms with Gasteiger partial charge in [-0.1, -0.05) is 151 Å². The molecule has 5 nitrogen and oxygen atoms in total. The summed E-state index contributed by atoms with van der Waals surface area (Å²) in [6, 6.07) is 20.2. The zero-order valence-electron chi connectivity index (χ0n) is 52.1. The highest BCUT2D eigenvalue weighted by Crippen LogP contribution is 2.44. The molecule has 64 heavy (non-hydrogen) atoms. The van der Waals surface area contributed by atoms with Crippen molar-refractivity contribution in [2.24, 2.45) is 0 Å². The van der Waals surface area contributed by atoms with Crippen LogP contribution in [0.2, 0.25) is 0 Å². The Bertz CT molecular complexity index is 4760. The van der Waals surface area contributed by atoms with Crippen LogP contribution < -0.4 is 0 Å². The van der Waals surface area contributed by atoms with E-state index in [1.54, 1.807) is 9.13 Å². The van der Waals surface area contributed by atoms with Crippen LogP contribution in [0.15, 0.2) is 224 Å². The normalized spacial score (nSPS) is 16.2. The number of benzene rings is 9. The molecule has 14 aromatic rings. The lowest BCUT2D eigenvalue weighted by Gasteiger charge is -2.21. The second kappa shape index (κ2) is 13.4. The zero-order valence-corrected chi connectivity index (χ0v) is 33.1. The zero-order chi connectivity index (χ0) is 58.4. The fraction of sp³-hybridized carbons (Fsp3) is 0. The Morgan fingerprint density at radius 3 is 0.953 bits per heavy atom. The van der Waals surface area contributed by atoms with Gasteiger partial charge >= 0.3 is 0 Å². The van der Waals surface area contributed by atoms with Crippen molar-refractivity contribution in [1.82, 2.24) is 23.3 Å². The van der Waals surface area contributed by atoms with Crippen LogP contribution in [0.4, 0.5) is 0 Å². The molecule has 0 saturated carbocycles. The number of para-hydroxylation sites is 8. The summed E-state index contributed by atoms with van der Waals surface area (Å²) in [6.45, 7) is 0. The lowest BCUT2D eigenvalue weighted by molar-refractivity contribution is 1.01. The Labute approximate surface area is 394 Å². The number of fused-ring (bicyclic) bond motifs is 12. The first kappa shape index (κ1) is 21.4. The molecule has 0 unspecified atom stereocenters. The Kier molecular flexibility index (Phi) is 4.49. The Morgan fingerprint density at radius 2 is 0.609 bits per heavy atom. The van der Waals surface area contributed by atoms with Gasteiger partial charge in [-0.3, -0.25) is 9.13 Å². The second-order valence-electron chi connectivity index (χ2n) is 15.3. The van der Waals surface area contributed by atoms with Gasteiger partial charge in [0.2, 0.25) is 0 Å².